The highest BCUT2D eigenvalue weighted by Crippen LogP contribution is 2.42. The second kappa shape index (κ2) is 9.09. The highest BCUT2D eigenvalue weighted by Gasteiger charge is 2.42. The first-order chi connectivity index (χ1) is 15.9. The van der Waals surface area contributed by atoms with Crippen LogP contribution in [0.25, 0.3) is 5.69 Å². The van der Waals surface area contributed by atoms with E-state index in [1.54, 1.807) is 0 Å². The highest BCUT2D eigenvalue weighted by molar-refractivity contribution is 7.80. The average Bonchev–Trinajstić information content (AvgIpc) is 3.50. The molecule has 5 rings (SSSR count). The van der Waals surface area contributed by atoms with Crippen LogP contribution in [0.2, 0.25) is 5.02 Å². The standard InChI is InChI=1S/C26H29ClN4OS/c1-16-9-10-19(27)14-23(16)31-17(2)13-21(18(31)3)25-24(22-8-4-5-11-28-22)29-26(33)30(25)15-20-7-6-12-32-20/h4-5,8-11,13-14,20,24-25H,6-7,12,15H2,1-3H3,(H,29,33). The molecule has 0 amide bonds. The van der Waals surface area contributed by atoms with Crippen molar-refractivity contribution in [2.24, 2.45) is 0 Å². The Morgan fingerprint density at radius 3 is 2.76 bits per heavy atom. The molecular formula is C26H29ClN4OS. The summed E-state index contributed by atoms with van der Waals surface area (Å²) in [7, 11) is 0. The molecule has 1 aromatic carbocycles. The summed E-state index contributed by atoms with van der Waals surface area (Å²) in [5, 5.41) is 5.06. The Morgan fingerprint density at radius 2 is 2.03 bits per heavy atom. The fraction of sp³-hybridized carbons (Fsp3) is 0.385. The van der Waals surface area contributed by atoms with Crippen molar-refractivity contribution in [3.63, 3.8) is 0 Å². The van der Waals surface area contributed by atoms with E-state index >= 15 is 0 Å². The molecule has 1 N–H and O–H groups in total. The maximum Gasteiger partial charge on any atom is 0.170 e. The number of aryl methyl sites for hydroxylation is 2. The topological polar surface area (TPSA) is 42.3 Å². The predicted octanol–water partition coefficient (Wildman–Crippen LogP) is 5.60. The summed E-state index contributed by atoms with van der Waals surface area (Å²) in [5.74, 6) is 0. The molecule has 3 atom stereocenters. The second-order valence-electron chi connectivity index (χ2n) is 9.01. The summed E-state index contributed by atoms with van der Waals surface area (Å²) in [4.78, 5) is 6.98. The number of rotatable bonds is 5. The molecule has 0 bridgehead atoms. The minimum Gasteiger partial charge on any atom is -0.376 e. The lowest BCUT2D eigenvalue weighted by Gasteiger charge is -2.30. The minimum atomic E-state index is -0.0329. The largest absolute Gasteiger partial charge is 0.376 e. The third-order valence-electron chi connectivity index (χ3n) is 6.82. The third kappa shape index (κ3) is 4.16. The molecule has 2 aliphatic heterocycles. The van der Waals surface area contributed by atoms with Crippen molar-refractivity contribution < 1.29 is 4.74 Å². The molecule has 0 aliphatic carbocycles. The Morgan fingerprint density at radius 1 is 1.18 bits per heavy atom. The smallest absolute Gasteiger partial charge is 0.170 e. The number of pyridine rings is 1. The van der Waals surface area contributed by atoms with E-state index in [1.807, 2.05) is 30.5 Å². The SMILES string of the molecule is Cc1ccc(Cl)cc1-n1c(C)cc(C2C(c3ccccn3)NC(=S)N2CC2CCCO2)c1C. The first kappa shape index (κ1) is 22.4. The fourth-order valence-electron chi connectivity index (χ4n) is 5.23. The van der Waals surface area contributed by atoms with Crippen LogP contribution in [0.3, 0.4) is 0 Å². The summed E-state index contributed by atoms with van der Waals surface area (Å²) in [6, 6.07) is 14.4. The van der Waals surface area contributed by atoms with Crippen LogP contribution >= 0.6 is 23.8 Å². The van der Waals surface area contributed by atoms with E-state index in [1.165, 1.54) is 22.5 Å². The first-order valence-corrected chi connectivity index (χ1v) is 12.3. The maximum absolute atomic E-state index is 6.38. The number of nitrogens with zero attached hydrogens (tertiary/aromatic N) is 3. The van der Waals surface area contributed by atoms with Crippen molar-refractivity contribution in [3.05, 3.63) is 81.9 Å². The molecule has 2 saturated heterocycles. The lowest BCUT2D eigenvalue weighted by molar-refractivity contribution is 0.0842. The highest BCUT2D eigenvalue weighted by atomic mass is 35.5. The molecule has 2 fully saturated rings. The van der Waals surface area contributed by atoms with Crippen LogP contribution in [-0.2, 0) is 4.74 Å². The van der Waals surface area contributed by atoms with Gasteiger partial charge in [-0.15, -0.1) is 0 Å². The number of halogens is 1. The molecule has 0 saturated carbocycles. The van der Waals surface area contributed by atoms with E-state index in [4.69, 9.17) is 28.6 Å². The van der Waals surface area contributed by atoms with Gasteiger partial charge in [0, 0.05) is 41.4 Å². The van der Waals surface area contributed by atoms with Gasteiger partial charge in [0.05, 0.1) is 23.9 Å². The van der Waals surface area contributed by atoms with Crippen LogP contribution in [0.15, 0.2) is 48.7 Å². The Balaban J connectivity index is 1.61. The van der Waals surface area contributed by atoms with Crippen molar-refractivity contribution in [3.8, 4) is 5.69 Å². The van der Waals surface area contributed by atoms with E-state index < -0.39 is 0 Å². The van der Waals surface area contributed by atoms with E-state index in [2.05, 4.69) is 58.7 Å². The van der Waals surface area contributed by atoms with Gasteiger partial charge in [-0.1, -0.05) is 23.7 Å². The Labute approximate surface area is 205 Å². The van der Waals surface area contributed by atoms with E-state index in [9.17, 15) is 0 Å². The quantitative estimate of drug-likeness (QED) is 0.481. The van der Waals surface area contributed by atoms with Crippen LogP contribution in [0.5, 0.6) is 0 Å². The molecular weight excluding hydrogens is 452 g/mol. The van der Waals surface area contributed by atoms with Crippen LogP contribution in [0.1, 0.15) is 53.1 Å². The molecule has 0 radical (unpaired) electrons. The Hall–Kier alpha value is -2.41. The van der Waals surface area contributed by atoms with Crippen molar-refractivity contribution in [1.82, 2.24) is 19.8 Å². The van der Waals surface area contributed by atoms with Crippen LogP contribution in [0, 0.1) is 20.8 Å². The zero-order valence-corrected chi connectivity index (χ0v) is 20.8. The monoisotopic (exact) mass is 480 g/mol. The summed E-state index contributed by atoms with van der Waals surface area (Å²) in [6.07, 6.45) is 4.22. The normalized spacial score (nSPS) is 22.7. The zero-order valence-electron chi connectivity index (χ0n) is 19.2. The number of thiocarbonyl (C=S) groups is 1. The van der Waals surface area contributed by atoms with Crippen molar-refractivity contribution >= 4 is 28.9 Å². The molecule has 2 aromatic heterocycles. The first-order valence-electron chi connectivity index (χ1n) is 11.5. The number of hydrogen-bond donors (Lipinski definition) is 1. The van der Waals surface area contributed by atoms with Crippen molar-refractivity contribution in [1.29, 1.82) is 0 Å². The van der Waals surface area contributed by atoms with Gasteiger partial charge >= 0.3 is 0 Å². The maximum atomic E-state index is 6.38. The summed E-state index contributed by atoms with van der Waals surface area (Å²) in [6.45, 7) is 8.06. The van der Waals surface area contributed by atoms with Gasteiger partial charge < -0.3 is 19.5 Å². The summed E-state index contributed by atoms with van der Waals surface area (Å²) >= 11 is 12.2. The number of ether oxygens (including phenoxy) is 1. The van der Waals surface area contributed by atoms with Crippen LogP contribution in [-0.4, -0.2) is 38.8 Å². The van der Waals surface area contributed by atoms with Gasteiger partial charge in [0.25, 0.3) is 0 Å². The molecule has 7 heteroatoms. The van der Waals surface area contributed by atoms with Gasteiger partial charge in [0.15, 0.2) is 5.11 Å². The molecule has 3 unspecified atom stereocenters. The van der Waals surface area contributed by atoms with Crippen LogP contribution < -0.4 is 5.32 Å². The van der Waals surface area contributed by atoms with Crippen molar-refractivity contribution in [2.75, 3.05) is 13.2 Å². The summed E-state index contributed by atoms with van der Waals surface area (Å²) in [5.41, 5.74) is 6.88. The number of aromatic nitrogens is 2. The Kier molecular flexibility index (Phi) is 6.16. The predicted molar refractivity (Wildman–Crippen MR) is 136 cm³/mol. The molecule has 33 heavy (non-hydrogen) atoms. The molecule has 5 nitrogen and oxygen atoms in total. The second-order valence-corrected chi connectivity index (χ2v) is 9.83. The minimum absolute atomic E-state index is 0.0241. The number of nitrogens with one attached hydrogen (secondary N) is 1. The van der Waals surface area contributed by atoms with E-state index in [-0.39, 0.29) is 18.2 Å². The molecule has 4 heterocycles. The van der Waals surface area contributed by atoms with Crippen LogP contribution in [0.4, 0.5) is 0 Å². The number of benzene rings is 1. The fourth-order valence-corrected chi connectivity index (χ4v) is 5.71. The summed E-state index contributed by atoms with van der Waals surface area (Å²) < 4.78 is 8.28. The van der Waals surface area contributed by atoms with Gasteiger partial charge in [-0.25, -0.2) is 0 Å². The zero-order chi connectivity index (χ0) is 23.1. The molecule has 3 aromatic rings. The molecule has 172 valence electrons. The van der Waals surface area contributed by atoms with Gasteiger partial charge in [0.1, 0.15) is 0 Å². The van der Waals surface area contributed by atoms with Gasteiger partial charge in [-0.3, -0.25) is 4.98 Å². The lowest BCUT2D eigenvalue weighted by atomic mass is 9.96. The molecule has 2 aliphatic rings. The van der Waals surface area contributed by atoms with Gasteiger partial charge in [-0.2, -0.15) is 0 Å². The van der Waals surface area contributed by atoms with E-state index in [0.29, 0.717) is 0 Å². The average molecular weight is 481 g/mol. The van der Waals surface area contributed by atoms with Gasteiger partial charge in [0.2, 0.25) is 0 Å². The Bertz CT molecular complexity index is 1170. The van der Waals surface area contributed by atoms with Crippen molar-refractivity contribution in [2.45, 2.75) is 51.8 Å². The number of hydrogen-bond acceptors (Lipinski definition) is 3. The third-order valence-corrected chi connectivity index (χ3v) is 7.41. The van der Waals surface area contributed by atoms with E-state index in [0.717, 1.165) is 47.5 Å². The van der Waals surface area contributed by atoms with Gasteiger partial charge in [-0.05, 0) is 87.3 Å². The molecule has 0 spiro atoms. The lowest BCUT2D eigenvalue weighted by Crippen LogP contribution is -2.36.